The van der Waals surface area contributed by atoms with Crippen molar-refractivity contribution < 1.29 is 0 Å². The highest BCUT2D eigenvalue weighted by Crippen LogP contribution is 2.33. The lowest BCUT2D eigenvalue weighted by atomic mass is 9.87. The van der Waals surface area contributed by atoms with Crippen LogP contribution < -0.4 is 4.90 Å². The summed E-state index contributed by atoms with van der Waals surface area (Å²) in [4.78, 5) is 2.10. The molecule has 1 atom stereocenters. The van der Waals surface area contributed by atoms with Crippen LogP contribution in [-0.2, 0) is 0 Å². The van der Waals surface area contributed by atoms with E-state index in [1.54, 1.807) is 0 Å². The number of benzene rings is 2. The summed E-state index contributed by atoms with van der Waals surface area (Å²) in [6.45, 7) is 8.53. The van der Waals surface area contributed by atoms with E-state index in [9.17, 15) is 0 Å². The number of anilines is 1. The molecule has 0 amide bonds. The van der Waals surface area contributed by atoms with Crippen molar-refractivity contribution in [2.24, 2.45) is 0 Å². The third-order valence-electron chi connectivity index (χ3n) is 5.52. The molecule has 0 aromatic heterocycles. The summed E-state index contributed by atoms with van der Waals surface area (Å²) >= 11 is 0. The molecule has 1 unspecified atom stereocenters. The molecule has 2 aromatic carbocycles. The lowest BCUT2D eigenvalue weighted by Gasteiger charge is -2.21. The topological polar surface area (TPSA) is 27.1 Å². The van der Waals surface area contributed by atoms with Crippen LogP contribution in [0.5, 0.6) is 0 Å². The van der Waals surface area contributed by atoms with Gasteiger partial charge in [0.25, 0.3) is 0 Å². The maximum absolute atomic E-state index is 9.01. The summed E-state index contributed by atoms with van der Waals surface area (Å²) in [6.07, 6.45) is 6.66. The molecule has 2 heteroatoms. The minimum Gasteiger partial charge on any atom is -0.378 e. The summed E-state index contributed by atoms with van der Waals surface area (Å²) in [5.41, 5.74) is 10.00. The van der Waals surface area contributed by atoms with Crippen LogP contribution >= 0.6 is 0 Å². The molecule has 2 aromatic rings. The lowest BCUT2D eigenvalue weighted by Crippen LogP contribution is -2.14. The Morgan fingerprint density at radius 3 is 2.27 bits per heavy atom. The minimum absolute atomic E-state index is 0.244. The van der Waals surface area contributed by atoms with Gasteiger partial charge in [-0.2, -0.15) is 0 Å². The molecule has 1 aliphatic carbocycles. The number of aryl methyl sites for hydroxylation is 1. The summed E-state index contributed by atoms with van der Waals surface area (Å²) in [6, 6.07) is 10.7. The predicted octanol–water partition coefficient (Wildman–Crippen LogP) is 5.69. The van der Waals surface area contributed by atoms with E-state index in [2.05, 4.69) is 81.2 Å². The third-order valence-corrected chi connectivity index (χ3v) is 5.52. The number of rotatable bonds is 4. The molecule has 134 valence electrons. The molecule has 0 radical (unpaired) electrons. The summed E-state index contributed by atoms with van der Waals surface area (Å²) in [5, 5.41) is 9.01. The second kappa shape index (κ2) is 6.95. The maximum Gasteiger partial charge on any atom is 0.0691 e. The molecule has 0 spiro atoms. The van der Waals surface area contributed by atoms with E-state index in [0.717, 1.165) is 16.8 Å². The monoisotopic (exact) mass is 344 g/mol. The van der Waals surface area contributed by atoms with E-state index in [4.69, 9.17) is 5.41 Å². The normalized spacial score (nSPS) is 15.9. The van der Waals surface area contributed by atoms with Gasteiger partial charge in [-0.25, -0.2) is 0 Å². The fourth-order valence-electron chi connectivity index (χ4n) is 3.54. The second-order valence-electron chi connectivity index (χ2n) is 7.52. The lowest BCUT2D eigenvalue weighted by molar-refractivity contribution is 1.07. The zero-order chi connectivity index (χ0) is 19.0. The molecule has 0 aliphatic heterocycles. The first-order valence-electron chi connectivity index (χ1n) is 9.13. The standard InChI is InChI=1S/C24H28N2/c1-15-7-9-19(13-15)22-12-10-20(26(5)6)14-23(22)24(25)21-11-8-16(2)17(3)18(21)4/h7-14,19,25H,1-6H3. The van der Waals surface area contributed by atoms with Crippen LogP contribution in [0.1, 0.15) is 46.2 Å². The summed E-state index contributed by atoms with van der Waals surface area (Å²) in [5.74, 6) is 0.244. The first-order chi connectivity index (χ1) is 12.3. The highest BCUT2D eigenvalue weighted by molar-refractivity contribution is 6.13. The predicted molar refractivity (Wildman–Crippen MR) is 113 cm³/mol. The molecule has 1 aliphatic rings. The molecule has 1 N–H and O–H groups in total. The fraction of sp³-hybridized carbons (Fsp3) is 0.292. The average molecular weight is 345 g/mol. The van der Waals surface area contributed by atoms with E-state index in [0.29, 0.717) is 5.71 Å². The van der Waals surface area contributed by atoms with Crippen LogP contribution in [0.3, 0.4) is 0 Å². The van der Waals surface area contributed by atoms with Crippen molar-refractivity contribution in [2.45, 2.75) is 33.6 Å². The number of nitrogens with zero attached hydrogens (tertiary/aromatic N) is 1. The van der Waals surface area contributed by atoms with Gasteiger partial charge in [-0.3, -0.25) is 5.41 Å². The Balaban J connectivity index is 2.16. The molecule has 0 saturated carbocycles. The molecule has 0 heterocycles. The van der Waals surface area contributed by atoms with Crippen LogP contribution in [0.4, 0.5) is 5.69 Å². The largest absolute Gasteiger partial charge is 0.378 e. The molecule has 0 fully saturated rings. The molecule has 26 heavy (non-hydrogen) atoms. The van der Waals surface area contributed by atoms with Crippen LogP contribution in [0.25, 0.3) is 0 Å². The van der Waals surface area contributed by atoms with E-state index >= 15 is 0 Å². The van der Waals surface area contributed by atoms with Crippen molar-refractivity contribution in [3.8, 4) is 0 Å². The van der Waals surface area contributed by atoms with Crippen LogP contribution in [0, 0.1) is 26.2 Å². The molecule has 2 nitrogen and oxygen atoms in total. The Labute approximate surface area is 157 Å². The number of allylic oxidation sites excluding steroid dienone is 4. The molecular weight excluding hydrogens is 316 g/mol. The third kappa shape index (κ3) is 3.24. The van der Waals surface area contributed by atoms with E-state index in [1.807, 2.05) is 14.1 Å². The minimum atomic E-state index is 0.244. The van der Waals surface area contributed by atoms with Crippen LogP contribution in [-0.4, -0.2) is 19.8 Å². The Morgan fingerprint density at radius 1 is 0.923 bits per heavy atom. The zero-order valence-electron chi connectivity index (χ0n) is 16.6. The highest BCUT2D eigenvalue weighted by atomic mass is 15.1. The Bertz CT molecular complexity index is 929. The van der Waals surface area contributed by atoms with Crippen molar-refractivity contribution in [1.29, 1.82) is 5.41 Å². The van der Waals surface area contributed by atoms with Crippen molar-refractivity contribution >= 4 is 11.4 Å². The molecule has 0 saturated heterocycles. The first-order valence-corrected chi connectivity index (χ1v) is 9.13. The van der Waals surface area contributed by atoms with Gasteiger partial charge in [0.15, 0.2) is 0 Å². The van der Waals surface area contributed by atoms with E-state index < -0.39 is 0 Å². The van der Waals surface area contributed by atoms with Gasteiger partial charge in [0.05, 0.1) is 5.71 Å². The van der Waals surface area contributed by atoms with E-state index in [1.165, 1.54) is 27.8 Å². The van der Waals surface area contributed by atoms with Crippen molar-refractivity contribution in [3.63, 3.8) is 0 Å². The Morgan fingerprint density at radius 2 is 1.65 bits per heavy atom. The SMILES string of the molecule is CC1=CC(c2ccc(N(C)C)cc2C(=N)c2ccc(C)c(C)c2C)C=C1. The van der Waals surface area contributed by atoms with Crippen molar-refractivity contribution in [1.82, 2.24) is 0 Å². The van der Waals surface area contributed by atoms with Crippen molar-refractivity contribution in [3.05, 3.63) is 87.5 Å². The zero-order valence-corrected chi connectivity index (χ0v) is 16.6. The van der Waals surface area contributed by atoms with Gasteiger partial charge in [0.2, 0.25) is 0 Å². The average Bonchev–Trinajstić information content (AvgIpc) is 3.05. The summed E-state index contributed by atoms with van der Waals surface area (Å²) < 4.78 is 0. The van der Waals surface area contributed by atoms with Gasteiger partial charge in [-0.15, -0.1) is 0 Å². The van der Waals surface area contributed by atoms with Crippen LogP contribution in [0.2, 0.25) is 0 Å². The van der Waals surface area contributed by atoms with E-state index in [-0.39, 0.29) is 5.92 Å². The first kappa shape index (κ1) is 18.2. The molecular formula is C24H28N2. The van der Waals surface area contributed by atoms with Gasteiger partial charge in [-0.05, 0) is 62.1 Å². The Kier molecular flexibility index (Phi) is 4.86. The number of hydrogen-bond acceptors (Lipinski definition) is 2. The summed E-state index contributed by atoms with van der Waals surface area (Å²) in [7, 11) is 4.09. The number of nitrogens with one attached hydrogen (secondary N) is 1. The second-order valence-corrected chi connectivity index (χ2v) is 7.52. The quantitative estimate of drug-likeness (QED) is 0.708. The highest BCUT2D eigenvalue weighted by Gasteiger charge is 2.20. The number of hydrogen-bond donors (Lipinski definition) is 1. The maximum atomic E-state index is 9.01. The fourth-order valence-corrected chi connectivity index (χ4v) is 3.54. The van der Waals surface area contributed by atoms with Gasteiger partial charge in [0, 0.05) is 36.8 Å². The van der Waals surface area contributed by atoms with Gasteiger partial charge in [-0.1, -0.05) is 42.0 Å². The van der Waals surface area contributed by atoms with Crippen LogP contribution in [0.15, 0.2) is 54.1 Å². The smallest absolute Gasteiger partial charge is 0.0691 e. The van der Waals surface area contributed by atoms with Gasteiger partial charge in [0.1, 0.15) is 0 Å². The Hall–Kier alpha value is -2.61. The molecule has 3 rings (SSSR count). The molecule has 0 bridgehead atoms. The van der Waals surface area contributed by atoms with Gasteiger partial charge < -0.3 is 4.90 Å². The van der Waals surface area contributed by atoms with Crippen molar-refractivity contribution in [2.75, 3.05) is 19.0 Å². The van der Waals surface area contributed by atoms with Gasteiger partial charge >= 0.3 is 0 Å².